The number of aliphatic hydroxyl groups is 1. The van der Waals surface area contributed by atoms with Crippen LogP contribution in [0.2, 0.25) is 0 Å². The van der Waals surface area contributed by atoms with Gasteiger partial charge in [-0.1, -0.05) is 0 Å². The molecule has 0 aliphatic heterocycles. The van der Waals surface area contributed by atoms with E-state index >= 15 is 0 Å². The summed E-state index contributed by atoms with van der Waals surface area (Å²) in [6, 6.07) is 0. The van der Waals surface area contributed by atoms with Gasteiger partial charge in [0.25, 0.3) is 0 Å². The number of hydrogen-bond donors (Lipinski definition) is 1. The Balaban J connectivity index is 2.20. The van der Waals surface area contributed by atoms with Gasteiger partial charge >= 0.3 is 0 Å². The largest absolute Gasteiger partial charge is 0.383 e. The van der Waals surface area contributed by atoms with Gasteiger partial charge in [-0.15, -0.1) is 10.2 Å². The van der Waals surface area contributed by atoms with Crippen LogP contribution in [0.25, 0.3) is 5.65 Å². The Labute approximate surface area is 74.1 Å². The lowest BCUT2D eigenvalue weighted by molar-refractivity contribution is 0.146. The third-order valence-corrected chi connectivity index (χ3v) is 2.38. The van der Waals surface area contributed by atoms with Crippen molar-refractivity contribution in [3.8, 4) is 0 Å². The SMILES string of the molecule is OC1(c2cn3cnnc3cn2)CC1. The minimum absolute atomic E-state index is 0.682. The predicted octanol–water partition coefficient (Wildman–Crippen LogP) is 0.106. The van der Waals surface area contributed by atoms with Crippen molar-refractivity contribution in [2.75, 3.05) is 0 Å². The van der Waals surface area contributed by atoms with E-state index in [9.17, 15) is 5.11 Å². The summed E-state index contributed by atoms with van der Waals surface area (Å²) in [4.78, 5) is 4.14. The molecule has 0 bridgehead atoms. The molecule has 3 rings (SSSR count). The summed E-state index contributed by atoms with van der Waals surface area (Å²) in [6.45, 7) is 0. The van der Waals surface area contributed by atoms with Gasteiger partial charge in [0, 0.05) is 6.20 Å². The summed E-state index contributed by atoms with van der Waals surface area (Å²) in [7, 11) is 0. The van der Waals surface area contributed by atoms with E-state index in [-0.39, 0.29) is 0 Å². The average molecular weight is 176 g/mol. The molecule has 5 nitrogen and oxygen atoms in total. The second kappa shape index (κ2) is 2.05. The molecule has 0 unspecified atom stereocenters. The lowest BCUT2D eigenvalue weighted by Gasteiger charge is -2.05. The van der Waals surface area contributed by atoms with Crippen LogP contribution in [-0.2, 0) is 5.60 Å². The lowest BCUT2D eigenvalue weighted by Crippen LogP contribution is -2.08. The first-order chi connectivity index (χ1) is 6.28. The Bertz CT molecular complexity index is 460. The average Bonchev–Trinajstić information content (AvgIpc) is 2.74. The maximum Gasteiger partial charge on any atom is 0.179 e. The molecule has 0 saturated heterocycles. The highest BCUT2D eigenvalue weighted by atomic mass is 16.3. The van der Waals surface area contributed by atoms with Crippen LogP contribution in [0.4, 0.5) is 0 Å². The summed E-state index contributed by atoms with van der Waals surface area (Å²) in [5.74, 6) is 0. The summed E-state index contributed by atoms with van der Waals surface area (Å²) >= 11 is 0. The summed E-state index contributed by atoms with van der Waals surface area (Å²) < 4.78 is 1.76. The summed E-state index contributed by atoms with van der Waals surface area (Å²) in [6.07, 6.45) is 6.61. The highest BCUT2D eigenvalue weighted by Gasteiger charge is 2.43. The number of nitrogens with zero attached hydrogens (tertiary/aromatic N) is 4. The van der Waals surface area contributed by atoms with Gasteiger partial charge in [-0.2, -0.15) is 0 Å². The second-order valence-electron chi connectivity index (χ2n) is 3.40. The fraction of sp³-hybridized carbons (Fsp3) is 0.375. The Hall–Kier alpha value is -1.49. The van der Waals surface area contributed by atoms with Crippen molar-refractivity contribution in [2.24, 2.45) is 0 Å². The molecule has 1 saturated carbocycles. The smallest absolute Gasteiger partial charge is 0.179 e. The van der Waals surface area contributed by atoms with Crippen LogP contribution < -0.4 is 0 Å². The standard InChI is InChI=1S/C8H8N4O/c13-8(1-2-8)6-4-12-5-10-11-7(12)3-9-6/h3-5,13H,1-2H2. The van der Waals surface area contributed by atoms with E-state index in [2.05, 4.69) is 15.2 Å². The molecule has 0 spiro atoms. The van der Waals surface area contributed by atoms with Crippen LogP contribution in [0.1, 0.15) is 18.5 Å². The van der Waals surface area contributed by atoms with Crippen molar-refractivity contribution in [3.05, 3.63) is 24.4 Å². The van der Waals surface area contributed by atoms with Crippen LogP contribution in [0.3, 0.4) is 0 Å². The van der Waals surface area contributed by atoms with Crippen LogP contribution in [0.5, 0.6) is 0 Å². The third-order valence-electron chi connectivity index (χ3n) is 2.38. The molecule has 0 atom stereocenters. The summed E-state index contributed by atoms with van der Waals surface area (Å²) in [5, 5.41) is 17.3. The van der Waals surface area contributed by atoms with E-state index in [0.717, 1.165) is 12.8 Å². The monoisotopic (exact) mass is 176 g/mol. The molecule has 2 aromatic rings. The van der Waals surface area contributed by atoms with E-state index in [1.165, 1.54) is 0 Å². The molecule has 13 heavy (non-hydrogen) atoms. The van der Waals surface area contributed by atoms with Gasteiger partial charge in [0.2, 0.25) is 0 Å². The van der Waals surface area contributed by atoms with Crippen LogP contribution in [0.15, 0.2) is 18.7 Å². The first kappa shape index (κ1) is 6.97. The van der Waals surface area contributed by atoms with Crippen molar-refractivity contribution in [3.63, 3.8) is 0 Å². The minimum atomic E-state index is -0.682. The molecule has 1 fully saturated rings. The van der Waals surface area contributed by atoms with Gasteiger partial charge in [-0.05, 0) is 12.8 Å². The van der Waals surface area contributed by atoms with Crippen molar-refractivity contribution >= 4 is 5.65 Å². The van der Waals surface area contributed by atoms with Gasteiger partial charge in [0.05, 0.1) is 11.9 Å². The number of aromatic nitrogens is 4. The molecule has 1 N–H and O–H groups in total. The Morgan fingerprint density at radius 2 is 2.31 bits per heavy atom. The summed E-state index contributed by atoms with van der Waals surface area (Å²) in [5.41, 5.74) is 0.728. The first-order valence-electron chi connectivity index (χ1n) is 4.16. The molecule has 0 radical (unpaired) electrons. The quantitative estimate of drug-likeness (QED) is 0.669. The molecule has 0 amide bonds. The van der Waals surface area contributed by atoms with Gasteiger partial charge in [-0.25, -0.2) is 0 Å². The number of rotatable bonds is 1. The van der Waals surface area contributed by atoms with Crippen LogP contribution >= 0.6 is 0 Å². The number of fused-ring (bicyclic) bond motifs is 1. The molecule has 2 aromatic heterocycles. The van der Waals surface area contributed by atoms with Gasteiger partial charge in [-0.3, -0.25) is 9.38 Å². The van der Waals surface area contributed by atoms with E-state index in [1.807, 2.05) is 0 Å². The van der Waals surface area contributed by atoms with Crippen molar-refractivity contribution in [1.29, 1.82) is 0 Å². The molecule has 66 valence electrons. The normalized spacial score (nSPS) is 19.2. The van der Waals surface area contributed by atoms with Crippen molar-refractivity contribution < 1.29 is 5.11 Å². The minimum Gasteiger partial charge on any atom is -0.383 e. The highest BCUT2D eigenvalue weighted by molar-refractivity contribution is 5.34. The van der Waals surface area contributed by atoms with E-state index in [4.69, 9.17) is 0 Å². The first-order valence-corrected chi connectivity index (χ1v) is 4.16. The maximum absolute atomic E-state index is 9.78. The molecular weight excluding hydrogens is 168 g/mol. The van der Waals surface area contributed by atoms with Gasteiger partial charge < -0.3 is 5.11 Å². The van der Waals surface area contributed by atoms with Gasteiger partial charge in [0.15, 0.2) is 5.65 Å². The molecule has 2 heterocycles. The van der Waals surface area contributed by atoms with E-state index in [0.29, 0.717) is 11.3 Å². The Kier molecular flexibility index (Phi) is 1.10. The zero-order chi connectivity index (χ0) is 8.89. The highest BCUT2D eigenvalue weighted by Crippen LogP contribution is 2.43. The lowest BCUT2D eigenvalue weighted by atomic mass is 10.2. The molecule has 0 aromatic carbocycles. The zero-order valence-corrected chi connectivity index (χ0v) is 6.88. The van der Waals surface area contributed by atoms with Crippen molar-refractivity contribution in [2.45, 2.75) is 18.4 Å². The maximum atomic E-state index is 9.78. The molecule has 1 aliphatic carbocycles. The Morgan fingerprint density at radius 3 is 3.08 bits per heavy atom. The fourth-order valence-electron chi connectivity index (χ4n) is 1.35. The number of hydrogen-bond acceptors (Lipinski definition) is 4. The molecule has 1 aliphatic rings. The molecule has 5 heteroatoms. The van der Waals surface area contributed by atoms with E-state index in [1.54, 1.807) is 23.1 Å². The van der Waals surface area contributed by atoms with Crippen LogP contribution in [-0.4, -0.2) is 24.7 Å². The third kappa shape index (κ3) is 0.936. The Morgan fingerprint density at radius 1 is 1.46 bits per heavy atom. The van der Waals surface area contributed by atoms with E-state index < -0.39 is 5.60 Å². The second-order valence-corrected chi connectivity index (χ2v) is 3.40. The van der Waals surface area contributed by atoms with Crippen LogP contribution in [0, 0.1) is 0 Å². The topological polar surface area (TPSA) is 63.3 Å². The fourth-order valence-corrected chi connectivity index (χ4v) is 1.35. The zero-order valence-electron chi connectivity index (χ0n) is 6.88. The predicted molar refractivity (Wildman–Crippen MR) is 43.9 cm³/mol. The molecular formula is C8H8N4O. The van der Waals surface area contributed by atoms with Gasteiger partial charge in [0.1, 0.15) is 11.9 Å². The van der Waals surface area contributed by atoms with Crippen molar-refractivity contribution in [1.82, 2.24) is 19.6 Å².